The molecule has 1 amide bonds. The molecule has 9 heteroatoms. The van der Waals surface area contributed by atoms with Crippen LogP contribution >= 0.6 is 11.3 Å². The first-order valence-corrected chi connectivity index (χ1v) is 10.1. The Hall–Kier alpha value is -3.33. The molecule has 3 aromatic heterocycles. The fraction of sp³-hybridized carbons (Fsp3) is 0.250. The first-order chi connectivity index (χ1) is 14.0. The largest absolute Gasteiger partial charge is 0.368 e. The highest BCUT2D eigenvalue weighted by Crippen LogP contribution is 2.34. The van der Waals surface area contributed by atoms with E-state index in [1.165, 1.54) is 18.3 Å². The zero-order chi connectivity index (χ0) is 20.4. The summed E-state index contributed by atoms with van der Waals surface area (Å²) in [4.78, 5) is 39.4. The van der Waals surface area contributed by atoms with Gasteiger partial charge in [0.25, 0.3) is 0 Å². The van der Waals surface area contributed by atoms with Crippen LogP contribution in [0.3, 0.4) is 0 Å². The van der Waals surface area contributed by atoms with E-state index >= 15 is 0 Å². The molecule has 3 aromatic rings. The van der Waals surface area contributed by atoms with Gasteiger partial charge in [0, 0.05) is 24.5 Å². The van der Waals surface area contributed by atoms with Gasteiger partial charge in [-0.1, -0.05) is 17.4 Å². The molecule has 1 aliphatic rings. The lowest BCUT2D eigenvalue weighted by Crippen LogP contribution is -2.40. The topological polar surface area (TPSA) is 114 Å². The Morgan fingerprint density at radius 1 is 1.24 bits per heavy atom. The predicted octanol–water partition coefficient (Wildman–Crippen LogP) is 3.00. The minimum atomic E-state index is -0.316. The fourth-order valence-electron chi connectivity index (χ4n) is 3.30. The number of nitrogens with two attached hydrogens (primary N) is 1. The summed E-state index contributed by atoms with van der Waals surface area (Å²) in [6.07, 6.45) is 5.03. The molecular formula is C20H20N6O2S. The van der Waals surface area contributed by atoms with Gasteiger partial charge in [0.15, 0.2) is 10.9 Å². The van der Waals surface area contributed by atoms with Crippen LogP contribution in [-0.4, -0.2) is 39.2 Å². The van der Waals surface area contributed by atoms with Crippen LogP contribution in [0.15, 0.2) is 42.7 Å². The lowest BCUT2D eigenvalue weighted by atomic mass is 10.2. The second-order valence-electron chi connectivity index (χ2n) is 6.78. The van der Waals surface area contributed by atoms with Crippen LogP contribution in [0.25, 0.3) is 10.6 Å². The molecule has 3 N–H and O–H groups in total. The van der Waals surface area contributed by atoms with Crippen molar-refractivity contribution in [3.63, 3.8) is 0 Å². The number of amides is 1. The number of Topliss-reactive ketones (excluding diaryl/α,β-unsaturated/α-hetero) is 1. The summed E-state index contributed by atoms with van der Waals surface area (Å²) in [7, 11) is 0. The lowest BCUT2D eigenvalue weighted by molar-refractivity contribution is -0.119. The third-order valence-electron chi connectivity index (χ3n) is 4.74. The number of anilines is 3. The Morgan fingerprint density at radius 2 is 2.10 bits per heavy atom. The SMILES string of the molecule is CC(=O)c1ccnc(Nc2cccc(-c3cnc(N4CCCC4C(N)=O)s3)n2)c1. The summed E-state index contributed by atoms with van der Waals surface area (Å²) in [6, 6.07) is 8.69. The number of carbonyl (C=O) groups excluding carboxylic acids is 2. The highest BCUT2D eigenvalue weighted by molar-refractivity contribution is 7.18. The van der Waals surface area contributed by atoms with Gasteiger partial charge >= 0.3 is 0 Å². The maximum absolute atomic E-state index is 11.7. The normalized spacial score (nSPS) is 16.0. The third-order valence-corrected chi connectivity index (χ3v) is 5.80. The number of hydrogen-bond donors (Lipinski definition) is 2. The van der Waals surface area contributed by atoms with Crippen molar-refractivity contribution < 1.29 is 9.59 Å². The van der Waals surface area contributed by atoms with Crippen LogP contribution in [0.2, 0.25) is 0 Å². The summed E-state index contributed by atoms with van der Waals surface area (Å²) in [5, 5.41) is 3.91. The molecule has 0 radical (unpaired) electrons. The molecule has 0 saturated carbocycles. The number of aromatic nitrogens is 3. The van der Waals surface area contributed by atoms with Gasteiger partial charge in [-0.3, -0.25) is 9.59 Å². The molecule has 0 spiro atoms. The minimum absolute atomic E-state index is 0.0227. The van der Waals surface area contributed by atoms with Crippen molar-refractivity contribution >= 4 is 39.8 Å². The second-order valence-corrected chi connectivity index (χ2v) is 7.79. The summed E-state index contributed by atoms with van der Waals surface area (Å²) in [5.41, 5.74) is 6.86. The quantitative estimate of drug-likeness (QED) is 0.603. The molecule has 0 aromatic carbocycles. The number of pyridine rings is 2. The number of thiazole rings is 1. The second kappa shape index (κ2) is 7.96. The summed E-state index contributed by atoms with van der Waals surface area (Å²) in [5.74, 6) is 0.824. The molecule has 8 nitrogen and oxygen atoms in total. The standard InChI is InChI=1S/C20H20N6O2S/c1-12(27)13-7-8-22-18(10-13)25-17-6-2-4-14(24-17)16-11-23-20(29-16)26-9-3-5-15(26)19(21)28/h2,4,6-8,10-11,15H,3,5,9H2,1H3,(H2,21,28)(H,22,24,25). The Labute approximate surface area is 171 Å². The third kappa shape index (κ3) is 4.09. The molecule has 1 unspecified atom stereocenters. The molecule has 1 saturated heterocycles. The van der Waals surface area contributed by atoms with E-state index in [4.69, 9.17) is 5.73 Å². The number of carbonyl (C=O) groups is 2. The first-order valence-electron chi connectivity index (χ1n) is 9.24. The molecule has 4 heterocycles. The van der Waals surface area contributed by atoms with Gasteiger partial charge in [0.05, 0.1) is 10.6 Å². The van der Waals surface area contributed by atoms with E-state index in [0.717, 1.165) is 35.1 Å². The van der Waals surface area contributed by atoms with E-state index in [1.54, 1.807) is 24.5 Å². The zero-order valence-corrected chi connectivity index (χ0v) is 16.6. The zero-order valence-electron chi connectivity index (χ0n) is 15.8. The minimum Gasteiger partial charge on any atom is -0.368 e. The average molecular weight is 408 g/mol. The van der Waals surface area contributed by atoms with Crippen molar-refractivity contribution in [3.05, 3.63) is 48.3 Å². The Bertz CT molecular complexity index is 1070. The average Bonchev–Trinajstić information content (AvgIpc) is 3.38. The van der Waals surface area contributed by atoms with Gasteiger partial charge in [-0.15, -0.1) is 0 Å². The number of ketones is 1. The Morgan fingerprint density at radius 3 is 2.90 bits per heavy atom. The first kappa shape index (κ1) is 19.0. The van der Waals surface area contributed by atoms with Crippen molar-refractivity contribution in [1.29, 1.82) is 0 Å². The van der Waals surface area contributed by atoms with Gasteiger partial charge < -0.3 is 16.0 Å². The van der Waals surface area contributed by atoms with E-state index in [0.29, 0.717) is 17.2 Å². The molecule has 1 atom stereocenters. The maximum Gasteiger partial charge on any atom is 0.240 e. The van der Waals surface area contributed by atoms with Crippen LogP contribution < -0.4 is 16.0 Å². The molecule has 29 heavy (non-hydrogen) atoms. The van der Waals surface area contributed by atoms with E-state index < -0.39 is 0 Å². The van der Waals surface area contributed by atoms with Crippen molar-refractivity contribution in [2.24, 2.45) is 5.73 Å². The number of primary amides is 1. The molecule has 4 rings (SSSR count). The highest BCUT2D eigenvalue weighted by Gasteiger charge is 2.31. The van der Waals surface area contributed by atoms with Gasteiger partial charge in [0.1, 0.15) is 17.7 Å². The van der Waals surface area contributed by atoms with Crippen LogP contribution in [-0.2, 0) is 4.79 Å². The predicted molar refractivity (Wildman–Crippen MR) is 112 cm³/mol. The highest BCUT2D eigenvalue weighted by atomic mass is 32.1. The Kier molecular flexibility index (Phi) is 5.22. The molecule has 1 fully saturated rings. The van der Waals surface area contributed by atoms with E-state index in [1.807, 2.05) is 23.1 Å². The fourth-order valence-corrected chi connectivity index (χ4v) is 4.26. The summed E-state index contributed by atoms with van der Waals surface area (Å²) >= 11 is 1.48. The molecule has 0 aliphatic carbocycles. The Balaban J connectivity index is 1.55. The van der Waals surface area contributed by atoms with Gasteiger partial charge in [-0.25, -0.2) is 15.0 Å². The summed E-state index contributed by atoms with van der Waals surface area (Å²) < 4.78 is 0. The van der Waals surface area contributed by atoms with Crippen LogP contribution in [0, 0.1) is 0 Å². The van der Waals surface area contributed by atoms with Crippen LogP contribution in [0.1, 0.15) is 30.1 Å². The number of hydrogen-bond acceptors (Lipinski definition) is 8. The van der Waals surface area contributed by atoms with Crippen molar-refractivity contribution in [1.82, 2.24) is 15.0 Å². The smallest absolute Gasteiger partial charge is 0.240 e. The number of rotatable bonds is 6. The van der Waals surface area contributed by atoms with Crippen molar-refractivity contribution in [2.75, 3.05) is 16.8 Å². The van der Waals surface area contributed by atoms with Gasteiger partial charge in [-0.2, -0.15) is 0 Å². The van der Waals surface area contributed by atoms with E-state index in [-0.39, 0.29) is 17.7 Å². The van der Waals surface area contributed by atoms with E-state index in [9.17, 15) is 9.59 Å². The van der Waals surface area contributed by atoms with Crippen molar-refractivity contribution in [2.45, 2.75) is 25.8 Å². The molecular weight excluding hydrogens is 388 g/mol. The van der Waals surface area contributed by atoms with E-state index in [2.05, 4.69) is 20.3 Å². The molecule has 1 aliphatic heterocycles. The van der Waals surface area contributed by atoms with Gasteiger partial charge in [0.2, 0.25) is 5.91 Å². The van der Waals surface area contributed by atoms with Crippen LogP contribution in [0.5, 0.6) is 0 Å². The summed E-state index contributed by atoms with van der Waals surface area (Å²) in [6.45, 7) is 2.29. The van der Waals surface area contributed by atoms with Crippen molar-refractivity contribution in [3.8, 4) is 10.6 Å². The number of nitrogens with one attached hydrogen (secondary N) is 1. The maximum atomic E-state index is 11.7. The van der Waals surface area contributed by atoms with Crippen LogP contribution in [0.4, 0.5) is 16.8 Å². The van der Waals surface area contributed by atoms with Gasteiger partial charge in [-0.05, 0) is 44.0 Å². The lowest BCUT2D eigenvalue weighted by Gasteiger charge is -2.20. The monoisotopic (exact) mass is 408 g/mol. The number of nitrogens with zero attached hydrogens (tertiary/aromatic N) is 4. The molecule has 148 valence electrons. The molecule has 0 bridgehead atoms.